The number of esters is 1. The first-order valence-electron chi connectivity index (χ1n) is 5.90. The number of carboxylic acids is 1. The number of pyridine rings is 1. The molecule has 1 heterocycles. The standard InChI is InChI=1S/C13H16N2O5/c1-8(13(19)20-3)7-15(2)11(16)10-9(12(17)18)5-4-6-14-10/h4-6,8H,7H2,1-3H3,(H,17,18). The van der Waals surface area contributed by atoms with Gasteiger partial charge in [-0.3, -0.25) is 14.6 Å². The number of hydrogen-bond donors (Lipinski definition) is 1. The average molecular weight is 280 g/mol. The van der Waals surface area contributed by atoms with Gasteiger partial charge in [0.1, 0.15) is 5.69 Å². The molecule has 0 spiro atoms. The van der Waals surface area contributed by atoms with Crippen LogP contribution in [0.3, 0.4) is 0 Å². The number of hydrogen-bond acceptors (Lipinski definition) is 5. The van der Waals surface area contributed by atoms with Crippen LogP contribution in [0.25, 0.3) is 0 Å². The molecule has 1 aromatic heterocycles. The summed E-state index contributed by atoms with van der Waals surface area (Å²) in [6.07, 6.45) is 1.34. The number of aromatic carboxylic acids is 1. The van der Waals surface area contributed by atoms with Crippen molar-refractivity contribution < 1.29 is 24.2 Å². The first kappa shape index (κ1) is 15.6. The zero-order chi connectivity index (χ0) is 15.3. The van der Waals surface area contributed by atoms with E-state index in [1.54, 1.807) is 6.92 Å². The van der Waals surface area contributed by atoms with Crippen molar-refractivity contribution in [3.05, 3.63) is 29.6 Å². The van der Waals surface area contributed by atoms with Gasteiger partial charge >= 0.3 is 11.9 Å². The van der Waals surface area contributed by atoms with Crippen LogP contribution in [0.4, 0.5) is 0 Å². The van der Waals surface area contributed by atoms with Crippen molar-refractivity contribution in [2.75, 3.05) is 20.7 Å². The summed E-state index contributed by atoms with van der Waals surface area (Å²) in [6, 6.07) is 2.75. The minimum Gasteiger partial charge on any atom is -0.478 e. The second-order valence-electron chi connectivity index (χ2n) is 4.31. The maximum atomic E-state index is 12.2. The Bertz CT molecular complexity index is 529. The van der Waals surface area contributed by atoms with E-state index in [1.165, 1.54) is 37.4 Å². The number of ether oxygens (including phenoxy) is 1. The average Bonchev–Trinajstić information content (AvgIpc) is 2.45. The second kappa shape index (κ2) is 6.65. The third kappa shape index (κ3) is 3.53. The second-order valence-corrected chi connectivity index (χ2v) is 4.31. The van der Waals surface area contributed by atoms with E-state index in [1.807, 2.05) is 0 Å². The molecule has 1 atom stereocenters. The number of methoxy groups -OCH3 is 1. The number of amides is 1. The molecular formula is C13H16N2O5. The lowest BCUT2D eigenvalue weighted by molar-refractivity contribution is -0.145. The molecule has 1 amide bonds. The van der Waals surface area contributed by atoms with Crippen LogP contribution in [-0.4, -0.2) is 53.5 Å². The smallest absolute Gasteiger partial charge is 0.338 e. The topological polar surface area (TPSA) is 96.8 Å². The van der Waals surface area contributed by atoms with E-state index >= 15 is 0 Å². The normalized spacial score (nSPS) is 11.6. The van der Waals surface area contributed by atoms with Crippen LogP contribution >= 0.6 is 0 Å². The van der Waals surface area contributed by atoms with Crippen molar-refractivity contribution in [3.63, 3.8) is 0 Å². The van der Waals surface area contributed by atoms with Gasteiger partial charge in [0.15, 0.2) is 0 Å². The Morgan fingerprint density at radius 1 is 1.45 bits per heavy atom. The molecule has 1 aromatic rings. The fourth-order valence-electron chi connectivity index (χ4n) is 1.70. The summed E-state index contributed by atoms with van der Waals surface area (Å²) in [5.74, 6) is -2.73. The highest BCUT2D eigenvalue weighted by atomic mass is 16.5. The molecule has 20 heavy (non-hydrogen) atoms. The Morgan fingerprint density at radius 3 is 2.65 bits per heavy atom. The maximum absolute atomic E-state index is 12.2. The Kier molecular flexibility index (Phi) is 5.19. The van der Waals surface area contributed by atoms with Gasteiger partial charge in [0.2, 0.25) is 0 Å². The first-order chi connectivity index (χ1) is 9.38. The van der Waals surface area contributed by atoms with E-state index in [0.29, 0.717) is 0 Å². The maximum Gasteiger partial charge on any atom is 0.338 e. The molecule has 1 unspecified atom stereocenters. The zero-order valence-corrected chi connectivity index (χ0v) is 11.5. The predicted octanol–water partition coefficient (Wildman–Crippen LogP) is 0.661. The molecule has 7 heteroatoms. The lowest BCUT2D eigenvalue weighted by Crippen LogP contribution is -2.35. The largest absolute Gasteiger partial charge is 0.478 e. The number of aromatic nitrogens is 1. The molecule has 0 aliphatic rings. The quantitative estimate of drug-likeness (QED) is 0.796. The highest BCUT2D eigenvalue weighted by Gasteiger charge is 2.24. The molecule has 0 bridgehead atoms. The Hall–Kier alpha value is -2.44. The molecule has 0 aromatic carbocycles. The lowest BCUT2D eigenvalue weighted by atomic mass is 10.1. The molecule has 108 valence electrons. The Balaban J connectivity index is 2.90. The lowest BCUT2D eigenvalue weighted by Gasteiger charge is -2.20. The Morgan fingerprint density at radius 2 is 2.10 bits per heavy atom. The molecule has 0 aliphatic heterocycles. The number of carbonyl (C=O) groups excluding carboxylic acids is 2. The molecule has 0 saturated heterocycles. The van der Waals surface area contributed by atoms with Gasteiger partial charge in [0.25, 0.3) is 5.91 Å². The minimum absolute atomic E-state index is 0.112. The number of carboxylic acid groups (broad SMARTS) is 1. The SMILES string of the molecule is COC(=O)C(C)CN(C)C(=O)c1ncccc1C(=O)O. The summed E-state index contributed by atoms with van der Waals surface area (Å²) in [4.78, 5) is 39.6. The molecular weight excluding hydrogens is 264 g/mol. The van der Waals surface area contributed by atoms with Crippen LogP contribution in [0.5, 0.6) is 0 Å². The van der Waals surface area contributed by atoms with E-state index < -0.39 is 23.8 Å². The van der Waals surface area contributed by atoms with E-state index in [-0.39, 0.29) is 17.8 Å². The van der Waals surface area contributed by atoms with Gasteiger partial charge in [0.05, 0.1) is 18.6 Å². The first-order valence-corrected chi connectivity index (χ1v) is 5.90. The van der Waals surface area contributed by atoms with Crippen LogP contribution in [0.1, 0.15) is 27.8 Å². The summed E-state index contributed by atoms with van der Waals surface area (Å²) in [5.41, 5.74) is -0.324. The van der Waals surface area contributed by atoms with Crippen molar-refractivity contribution in [2.24, 2.45) is 5.92 Å². The highest BCUT2D eigenvalue weighted by Crippen LogP contribution is 2.10. The van der Waals surface area contributed by atoms with Crippen LogP contribution in [-0.2, 0) is 9.53 Å². The van der Waals surface area contributed by atoms with Crippen molar-refractivity contribution in [3.8, 4) is 0 Å². The third-order valence-electron chi connectivity index (χ3n) is 2.74. The van der Waals surface area contributed by atoms with Crippen molar-refractivity contribution >= 4 is 17.8 Å². The number of rotatable bonds is 5. The van der Waals surface area contributed by atoms with Crippen molar-refractivity contribution in [2.45, 2.75) is 6.92 Å². The van der Waals surface area contributed by atoms with E-state index in [2.05, 4.69) is 9.72 Å². The third-order valence-corrected chi connectivity index (χ3v) is 2.74. The summed E-state index contributed by atoms with van der Waals surface area (Å²) < 4.78 is 4.57. The number of nitrogens with zero attached hydrogens (tertiary/aromatic N) is 2. The molecule has 1 N–H and O–H groups in total. The fraction of sp³-hybridized carbons (Fsp3) is 0.385. The van der Waals surface area contributed by atoms with Crippen LogP contribution in [0.2, 0.25) is 0 Å². The van der Waals surface area contributed by atoms with Crippen molar-refractivity contribution in [1.29, 1.82) is 0 Å². The summed E-state index contributed by atoms with van der Waals surface area (Å²) in [6.45, 7) is 1.73. The van der Waals surface area contributed by atoms with E-state index in [9.17, 15) is 14.4 Å². The van der Waals surface area contributed by atoms with E-state index in [0.717, 1.165) is 0 Å². The van der Waals surface area contributed by atoms with Gasteiger partial charge in [-0.15, -0.1) is 0 Å². The van der Waals surface area contributed by atoms with Gasteiger partial charge in [0, 0.05) is 19.8 Å². The summed E-state index contributed by atoms with van der Waals surface area (Å²) in [5, 5.41) is 9.02. The summed E-state index contributed by atoms with van der Waals surface area (Å²) in [7, 11) is 2.74. The van der Waals surface area contributed by atoms with Crippen LogP contribution in [0.15, 0.2) is 18.3 Å². The molecule has 0 saturated carbocycles. The molecule has 7 nitrogen and oxygen atoms in total. The predicted molar refractivity (Wildman–Crippen MR) is 69.3 cm³/mol. The highest BCUT2D eigenvalue weighted by molar-refractivity contribution is 6.03. The monoisotopic (exact) mass is 280 g/mol. The van der Waals surface area contributed by atoms with Crippen LogP contribution in [0, 0.1) is 5.92 Å². The van der Waals surface area contributed by atoms with Gasteiger partial charge in [-0.1, -0.05) is 6.92 Å². The molecule has 1 rings (SSSR count). The van der Waals surface area contributed by atoms with Crippen LogP contribution < -0.4 is 0 Å². The molecule has 0 aliphatic carbocycles. The summed E-state index contributed by atoms with van der Waals surface area (Å²) >= 11 is 0. The molecule has 0 fully saturated rings. The van der Waals surface area contributed by atoms with Gasteiger partial charge < -0.3 is 14.7 Å². The number of carbonyl (C=O) groups is 3. The Labute approximate surface area is 116 Å². The fourth-order valence-corrected chi connectivity index (χ4v) is 1.70. The van der Waals surface area contributed by atoms with Crippen molar-refractivity contribution in [1.82, 2.24) is 9.88 Å². The van der Waals surface area contributed by atoms with Gasteiger partial charge in [-0.05, 0) is 12.1 Å². The molecule has 0 radical (unpaired) electrons. The minimum atomic E-state index is -1.23. The van der Waals surface area contributed by atoms with Gasteiger partial charge in [-0.2, -0.15) is 0 Å². The zero-order valence-electron chi connectivity index (χ0n) is 11.5. The van der Waals surface area contributed by atoms with E-state index in [4.69, 9.17) is 5.11 Å². The van der Waals surface area contributed by atoms with Gasteiger partial charge in [-0.25, -0.2) is 4.79 Å².